The Morgan fingerprint density at radius 2 is 2.00 bits per heavy atom. The molecule has 2 heterocycles. The van der Waals surface area contributed by atoms with Crippen molar-refractivity contribution in [2.75, 3.05) is 13.1 Å². The SMILES string of the molecule is Cc1noc(C2CC2C(=O)NCc2ccc(-c3cccc(OC(F)(F)F)c3)c3c2CN(CC(=O)NC2CCC2)CC3)n1. The van der Waals surface area contributed by atoms with Crippen molar-refractivity contribution in [2.45, 2.75) is 70.4 Å². The zero-order valence-corrected chi connectivity index (χ0v) is 23.2. The molecule has 0 radical (unpaired) electrons. The summed E-state index contributed by atoms with van der Waals surface area (Å²) in [6, 6.07) is 9.98. The molecular weight excluding hydrogens is 551 g/mol. The van der Waals surface area contributed by atoms with Crippen LogP contribution in [0.25, 0.3) is 11.1 Å². The summed E-state index contributed by atoms with van der Waals surface area (Å²) < 4.78 is 48.0. The first kappa shape index (κ1) is 28.2. The number of carbonyl (C=O) groups excluding carboxylic acids is 2. The van der Waals surface area contributed by atoms with Gasteiger partial charge in [-0.2, -0.15) is 4.98 Å². The molecule has 0 bridgehead atoms. The molecule has 2 amide bonds. The predicted octanol–water partition coefficient (Wildman–Crippen LogP) is 4.39. The van der Waals surface area contributed by atoms with E-state index < -0.39 is 6.36 Å². The molecule has 2 N–H and O–H groups in total. The molecule has 0 spiro atoms. The van der Waals surface area contributed by atoms with Crippen LogP contribution in [0.3, 0.4) is 0 Å². The highest BCUT2D eigenvalue weighted by Crippen LogP contribution is 2.47. The highest BCUT2D eigenvalue weighted by atomic mass is 19.4. The predicted molar refractivity (Wildman–Crippen MR) is 145 cm³/mol. The van der Waals surface area contributed by atoms with Crippen molar-refractivity contribution in [3.63, 3.8) is 0 Å². The molecule has 1 aliphatic heterocycles. The highest BCUT2D eigenvalue weighted by Gasteiger charge is 2.47. The first-order valence-electron chi connectivity index (χ1n) is 14.2. The van der Waals surface area contributed by atoms with E-state index in [1.54, 1.807) is 13.0 Å². The van der Waals surface area contributed by atoms with Crippen LogP contribution < -0.4 is 15.4 Å². The number of hydrogen-bond donors (Lipinski definition) is 2. The van der Waals surface area contributed by atoms with Crippen molar-refractivity contribution >= 4 is 11.8 Å². The molecular formula is C30H32F3N5O4. The minimum absolute atomic E-state index is 0.0119. The summed E-state index contributed by atoms with van der Waals surface area (Å²) in [5, 5.41) is 9.93. The largest absolute Gasteiger partial charge is 0.573 e. The zero-order valence-electron chi connectivity index (χ0n) is 23.2. The number of fused-ring (bicyclic) bond motifs is 1. The van der Waals surface area contributed by atoms with Crippen molar-refractivity contribution in [3.8, 4) is 16.9 Å². The van der Waals surface area contributed by atoms with Crippen molar-refractivity contribution in [1.29, 1.82) is 0 Å². The van der Waals surface area contributed by atoms with Crippen LogP contribution in [0.15, 0.2) is 40.9 Å². The van der Waals surface area contributed by atoms with Crippen LogP contribution in [0.2, 0.25) is 0 Å². The van der Waals surface area contributed by atoms with E-state index in [9.17, 15) is 22.8 Å². The summed E-state index contributed by atoms with van der Waals surface area (Å²) in [4.78, 5) is 31.9. The van der Waals surface area contributed by atoms with Gasteiger partial charge in [0.2, 0.25) is 17.7 Å². The Hall–Kier alpha value is -3.93. The lowest BCUT2D eigenvalue weighted by atomic mass is 9.87. The average molecular weight is 584 g/mol. The molecule has 2 atom stereocenters. The van der Waals surface area contributed by atoms with Gasteiger partial charge in [0, 0.05) is 25.7 Å². The van der Waals surface area contributed by atoms with Crippen LogP contribution >= 0.6 is 0 Å². The van der Waals surface area contributed by atoms with Crippen LogP contribution in [0.1, 0.15) is 60.0 Å². The van der Waals surface area contributed by atoms with Gasteiger partial charge in [0.05, 0.1) is 18.4 Å². The Morgan fingerprint density at radius 3 is 2.71 bits per heavy atom. The minimum Gasteiger partial charge on any atom is -0.406 e. The maximum absolute atomic E-state index is 13.0. The first-order chi connectivity index (χ1) is 20.1. The van der Waals surface area contributed by atoms with Crippen LogP contribution in [0.4, 0.5) is 13.2 Å². The number of carbonyl (C=O) groups is 2. The molecule has 1 aromatic heterocycles. The van der Waals surface area contributed by atoms with E-state index in [0.29, 0.717) is 43.2 Å². The molecule has 2 fully saturated rings. The van der Waals surface area contributed by atoms with E-state index in [2.05, 4.69) is 30.4 Å². The summed E-state index contributed by atoms with van der Waals surface area (Å²) in [5.41, 5.74) is 4.28. The summed E-state index contributed by atoms with van der Waals surface area (Å²) >= 11 is 0. The second-order valence-corrected chi connectivity index (χ2v) is 11.3. The monoisotopic (exact) mass is 583 g/mol. The topological polar surface area (TPSA) is 110 Å². The van der Waals surface area contributed by atoms with Crippen LogP contribution in [0, 0.1) is 12.8 Å². The summed E-state index contributed by atoms with van der Waals surface area (Å²) in [5.74, 6) is 0.290. The number of ether oxygens (including phenoxy) is 1. The second-order valence-electron chi connectivity index (χ2n) is 11.3. The Bertz CT molecular complexity index is 1490. The number of amides is 2. The molecule has 2 aromatic carbocycles. The summed E-state index contributed by atoms with van der Waals surface area (Å²) in [7, 11) is 0. The highest BCUT2D eigenvalue weighted by molar-refractivity contribution is 5.82. The van der Waals surface area contributed by atoms with E-state index >= 15 is 0 Å². The molecule has 12 heteroatoms. The number of benzene rings is 2. The molecule has 0 saturated heterocycles. The van der Waals surface area contributed by atoms with Crippen LogP contribution in [0.5, 0.6) is 5.75 Å². The summed E-state index contributed by atoms with van der Waals surface area (Å²) in [6.45, 7) is 3.39. The van der Waals surface area contributed by atoms with Gasteiger partial charge in [0.25, 0.3) is 0 Å². The smallest absolute Gasteiger partial charge is 0.406 e. The molecule has 9 nitrogen and oxygen atoms in total. The maximum Gasteiger partial charge on any atom is 0.573 e. The first-order valence-corrected chi connectivity index (χ1v) is 14.2. The van der Waals surface area contributed by atoms with E-state index in [4.69, 9.17) is 4.52 Å². The number of aryl methyl sites for hydroxylation is 1. The van der Waals surface area contributed by atoms with Crippen molar-refractivity contribution in [3.05, 3.63) is 64.8 Å². The lowest BCUT2D eigenvalue weighted by Crippen LogP contribution is -2.46. The third kappa shape index (κ3) is 6.43. The normalized spacial score (nSPS) is 20.4. The molecule has 222 valence electrons. The van der Waals surface area contributed by atoms with Crippen LogP contribution in [-0.2, 0) is 29.1 Å². The standard InChI is InChI=1S/C30H32F3N5O4/c1-17-35-29(42-37-17)25-13-24(25)28(40)34-14-19-8-9-22(18-4-2-7-21(12-18)41-30(31,32)33)23-10-11-38(15-26(19)23)16-27(39)36-20-5-3-6-20/h2,4,7-9,12,20,24-25H,3,5-6,10-11,13-16H2,1H3,(H,34,40)(H,36,39). The number of aromatic nitrogens is 2. The van der Waals surface area contributed by atoms with E-state index in [-0.39, 0.29) is 48.5 Å². The number of nitrogens with one attached hydrogen (secondary N) is 2. The van der Waals surface area contributed by atoms with Gasteiger partial charge in [0.15, 0.2) is 5.82 Å². The van der Waals surface area contributed by atoms with Crippen molar-refractivity contribution in [2.24, 2.45) is 5.92 Å². The maximum atomic E-state index is 13.0. The molecule has 3 aromatic rings. The number of hydrogen-bond acceptors (Lipinski definition) is 7. The third-order valence-electron chi connectivity index (χ3n) is 8.24. The minimum atomic E-state index is -4.79. The van der Waals surface area contributed by atoms with Gasteiger partial charge in [-0.25, -0.2) is 0 Å². The van der Waals surface area contributed by atoms with Gasteiger partial charge >= 0.3 is 6.36 Å². The zero-order chi connectivity index (χ0) is 29.4. The fourth-order valence-electron chi connectivity index (χ4n) is 5.79. The fraction of sp³-hybridized carbons (Fsp3) is 0.467. The number of nitrogens with zero attached hydrogens (tertiary/aromatic N) is 3. The molecule has 3 aliphatic rings. The molecule has 42 heavy (non-hydrogen) atoms. The number of rotatable bonds is 9. The lowest BCUT2D eigenvalue weighted by Gasteiger charge is -2.33. The Labute approximate surface area is 240 Å². The Morgan fingerprint density at radius 1 is 1.17 bits per heavy atom. The average Bonchev–Trinajstić information content (AvgIpc) is 3.61. The van der Waals surface area contributed by atoms with Gasteiger partial charge in [-0.15, -0.1) is 13.2 Å². The summed E-state index contributed by atoms with van der Waals surface area (Å²) in [6.07, 6.45) is -0.395. The second kappa shape index (κ2) is 11.4. The van der Waals surface area contributed by atoms with Crippen molar-refractivity contribution in [1.82, 2.24) is 25.7 Å². The van der Waals surface area contributed by atoms with E-state index in [1.807, 2.05) is 12.1 Å². The van der Waals surface area contributed by atoms with E-state index in [0.717, 1.165) is 41.5 Å². The molecule has 2 unspecified atom stereocenters. The Balaban J connectivity index is 1.21. The molecule has 6 rings (SSSR count). The van der Waals surface area contributed by atoms with Crippen molar-refractivity contribution < 1.29 is 32.0 Å². The lowest BCUT2D eigenvalue weighted by molar-refractivity contribution is -0.274. The van der Waals surface area contributed by atoms with Crippen LogP contribution in [-0.4, -0.2) is 52.3 Å². The van der Waals surface area contributed by atoms with Gasteiger partial charge in [-0.1, -0.05) is 29.4 Å². The molecule has 2 saturated carbocycles. The number of halogens is 3. The third-order valence-corrected chi connectivity index (χ3v) is 8.24. The fourth-order valence-corrected chi connectivity index (χ4v) is 5.79. The molecule has 2 aliphatic carbocycles. The Kier molecular flexibility index (Phi) is 7.65. The van der Waals surface area contributed by atoms with Gasteiger partial charge in [-0.05, 0) is 79.0 Å². The van der Waals surface area contributed by atoms with Gasteiger partial charge in [-0.3, -0.25) is 14.5 Å². The van der Waals surface area contributed by atoms with Gasteiger partial charge in [0.1, 0.15) is 5.75 Å². The number of alkyl halides is 3. The van der Waals surface area contributed by atoms with E-state index in [1.165, 1.54) is 18.2 Å². The van der Waals surface area contributed by atoms with Gasteiger partial charge < -0.3 is 19.9 Å². The quantitative estimate of drug-likeness (QED) is 0.385.